The van der Waals surface area contributed by atoms with Crippen LogP contribution in [0.2, 0.25) is 5.02 Å². The van der Waals surface area contributed by atoms with E-state index in [9.17, 15) is 4.79 Å². The first-order valence-electron chi connectivity index (χ1n) is 9.03. The number of rotatable bonds is 5. The molecule has 1 aromatic carbocycles. The lowest BCUT2D eigenvalue weighted by atomic mass is 10.0. The molecule has 0 bridgehead atoms. The Morgan fingerprint density at radius 3 is 2.78 bits per heavy atom. The molecule has 0 saturated heterocycles. The fourth-order valence-corrected chi connectivity index (χ4v) is 3.19. The lowest BCUT2D eigenvalue weighted by Crippen LogP contribution is -2.37. The van der Waals surface area contributed by atoms with Crippen molar-refractivity contribution in [2.75, 3.05) is 19.0 Å². The number of carbonyl (C=O) groups excluding carboxylic acids is 1. The van der Waals surface area contributed by atoms with Crippen LogP contribution in [-0.2, 0) is 0 Å². The molecule has 1 heterocycles. The van der Waals surface area contributed by atoms with Gasteiger partial charge in [-0.3, -0.25) is 4.79 Å². The van der Waals surface area contributed by atoms with E-state index < -0.39 is 0 Å². The van der Waals surface area contributed by atoms with Crippen LogP contribution in [0.5, 0.6) is 0 Å². The van der Waals surface area contributed by atoms with E-state index in [1.165, 1.54) is 11.1 Å². The van der Waals surface area contributed by atoms with E-state index in [4.69, 9.17) is 11.6 Å². The number of aliphatic imine (C=N–C) groups is 1. The minimum absolute atomic E-state index is 0.129. The summed E-state index contributed by atoms with van der Waals surface area (Å²) < 4.78 is 0. The molecule has 1 N–H and O–H groups in total. The largest absolute Gasteiger partial charge is 0.346 e. The van der Waals surface area contributed by atoms with Gasteiger partial charge in [-0.25, -0.2) is 0 Å². The number of halogens is 1. The molecule has 1 aliphatic rings. The van der Waals surface area contributed by atoms with Crippen LogP contribution in [0.15, 0.2) is 58.8 Å². The minimum Gasteiger partial charge on any atom is -0.346 e. The number of carbonyl (C=O) groups is 1. The molecule has 0 saturated carbocycles. The van der Waals surface area contributed by atoms with Crippen LogP contribution in [0.4, 0.5) is 5.69 Å². The Morgan fingerprint density at radius 1 is 1.41 bits per heavy atom. The fraction of sp³-hybridized carbons (Fsp3) is 0.364. The summed E-state index contributed by atoms with van der Waals surface area (Å²) in [6.07, 6.45) is 6.83. The Bertz CT molecular complexity index is 823. The van der Waals surface area contributed by atoms with Gasteiger partial charge in [0, 0.05) is 36.9 Å². The molecule has 0 aliphatic carbocycles. The maximum absolute atomic E-state index is 12.7. The van der Waals surface area contributed by atoms with E-state index in [1.807, 2.05) is 24.2 Å². The van der Waals surface area contributed by atoms with Gasteiger partial charge in [-0.1, -0.05) is 48.4 Å². The highest BCUT2D eigenvalue weighted by molar-refractivity contribution is 6.31. The molecule has 2 rings (SSSR count). The smallest absolute Gasteiger partial charge is 0.253 e. The van der Waals surface area contributed by atoms with Gasteiger partial charge in [0.1, 0.15) is 0 Å². The third-order valence-corrected chi connectivity index (χ3v) is 5.19. The molecular formula is C22H28ClN3O. The molecule has 1 aliphatic heterocycles. The number of nitrogens with one attached hydrogen (secondary N) is 1. The molecule has 0 spiro atoms. The second-order valence-corrected chi connectivity index (χ2v) is 7.50. The SMILES string of the molecule is C=C1C(C/C(C)=C/C=C(\C)C(C)C=NC)NC(=O)c2cc(Cl)ccc2N1C. The minimum atomic E-state index is -0.173. The number of hydrogen-bond donors (Lipinski definition) is 1. The first kappa shape index (κ1) is 21.0. The van der Waals surface area contributed by atoms with Gasteiger partial charge in [-0.15, -0.1) is 0 Å². The lowest BCUT2D eigenvalue weighted by molar-refractivity contribution is 0.0945. The van der Waals surface area contributed by atoms with Crippen molar-refractivity contribution in [2.45, 2.75) is 33.2 Å². The van der Waals surface area contributed by atoms with Crippen LogP contribution in [0.1, 0.15) is 37.6 Å². The summed E-state index contributed by atoms with van der Waals surface area (Å²) in [4.78, 5) is 18.7. The Labute approximate surface area is 167 Å². The number of allylic oxidation sites excluding steroid dienone is 3. The molecular weight excluding hydrogens is 358 g/mol. The maximum atomic E-state index is 12.7. The number of benzene rings is 1. The van der Waals surface area contributed by atoms with E-state index in [1.54, 1.807) is 19.2 Å². The second-order valence-electron chi connectivity index (χ2n) is 7.06. The van der Waals surface area contributed by atoms with E-state index in [0.29, 0.717) is 22.9 Å². The summed E-state index contributed by atoms with van der Waals surface area (Å²) in [6.45, 7) is 10.5. The van der Waals surface area contributed by atoms with Gasteiger partial charge in [0.25, 0.3) is 5.91 Å². The molecule has 144 valence electrons. The third kappa shape index (κ3) is 5.10. The Balaban J connectivity index is 2.20. The van der Waals surface area contributed by atoms with Crippen molar-refractivity contribution in [1.29, 1.82) is 0 Å². The summed E-state index contributed by atoms with van der Waals surface area (Å²) in [5.74, 6) is 0.173. The molecule has 1 amide bonds. The van der Waals surface area contributed by atoms with Crippen molar-refractivity contribution >= 4 is 29.4 Å². The average molecular weight is 386 g/mol. The summed E-state index contributed by atoms with van der Waals surface area (Å²) >= 11 is 6.07. The zero-order valence-electron chi connectivity index (χ0n) is 16.7. The molecule has 4 nitrogen and oxygen atoms in total. The van der Waals surface area contributed by atoms with Crippen molar-refractivity contribution in [3.05, 3.63) is 64.4 Å². The highest BCUT2D eigenvalue weighted by atomic mass is 35.5. The topological polar surface area (TPSA) is 44.7 Å². The van der Waals surface area contributed by atoms with E-state index in [0.717, 1.165) is 11.4 Å². The van der Waals surface area contributed by atoms with Gasteiger partial charge in [0.05, 0.1) is 17.3 Å². The second kappa shape index (κ2) is 9.05. The van der Waals surface area contributed by atoms with Crippen molar-refractivity contribution in [3.8, 4) is 0 Å². The monoisotopic (exact) mass is 385 g/mol. The van der Waals surface area contributed by atoms with E-state index in [2.05, 4.69) is 49.8 Å². The van der Waals surface area contributed by atoms with Crippen LogP contribution >= 0.6 is 11.6 Å². The highest BCUT2D eigenvalue weighted by Crippen LogP contribution is 2.30. The Kier molecular flexibility index (Phi) is 7.03. The van der Waals surface area contributed by atoms with E-state index >= 15 is 0 Å². The van der Waals surface area contributed by atoms with Gasteiger partial charge < -0.3 is 15.2 Å². The number of hydrogen-bond acceptors (Lipinski definition) is 3. The van der Waals surface area contributed by atoms with Crippen LogP contribution in [0.25, 0.3) is 0 Å². The first-order chi connectivity index (χ1) is 12.7. The lowest BCUT2D eigenvalue weighted by Gasteiger charge is -2.26. The van der Waals surface area contributed by atoms with Gasteiger partial charge in [0.2, 0.25) is 0 Å². The molecule has 0 fully saturated rings. The Morgan fingerprint density at radius 2 is 2.11 bits per heavy atom. The van der Waals surface area contributed by atoms with Crippen LogP contribution in [0.3, 0.4) is 0 Å². The molecule has 27 heavy (non-hydrogen) atoms. The predicted octanol–water partition coefficient (Wildman–Crippen LogP) is 5.02. The van der Waals surface area contributed by atoms with Crippen molar-refractivity contribution in [1.82, 2.24) is 5.32 Å². The number of anilines is 1. The first-order valence-corrected chi connectivity index (χ1v) is 9.41. The summed E-state index contributed by atoms with van der Waals surface area (Å²) in [6, 6.07) is 5.17. The zero-order chi connectivity index (χ0) is 20.1. The van der Waals surface area contributed by atoms with Gasteiger partial charge >= 0.3 is 0 Å². The summed E-state index contributed by atoms with van der Waals surface area (Å²) in [5.41, 5.74) is 4.64. The summed E-state index contributed by atoms with van der Waals surface area (Å²) in [5, 5.41) is 3.63. The van der Waals surface area contributed by atoms with Crippen LogP contribution in [-0.4, -0.2) is 32.3 Å². The summed E-state index contributed by atoms with van der Waals surface area (Å²) in [7, 11) is 3.71. The highest BCUT2D eigenvalue weighted by Gasteiger charge is 2.27. The normalized spacial score (nSPS) is 19.8. The van der Waals surface area contributed by atoms with Crippen molar-refractivity contribution in [2.24, 2.45) is 10.9 Å². The van der Waals surface area contributed by atoms with Crippen LogP contribution in [0, 0.1) is 5.92 Å². The molecule has 2 atom stereocenters. The van der Waals surface area contributed by atoms with Crippen molar-refractivity contribution in [3.63, 3.8) is 0 Å². The maximum Gasteiger partial charge on any atom is 0.253 e. The third-order valence-electron chi connectivity index (χ3n) is 4.95. The van der Waals surface area contributed by atoms with E-state index in [-0.39, 0.29) is 11.9 Å². The average Bonchev–Trinajstić information content (AvgIpc) is 2.71. The molecule has 5 heteroatoms. The standard InChI is InChI=1S/C22H28ClN3O/c1-14(7-8-15(2)16(3)13-24-5)11-20-17(4)26(6)21-10-9-18(23)12-19(21)22(27)25-20/h7-10,12-13,16,20H,4,11H2,1-3,5-6H3,(H,25,27)/b14-7+,15-8+,24-13?. The number of amides is 1. The molecule has 2 unspecified atom stereocenters. The Hall–Kier alpha value is -2.33. The van der Waals surface area contributed by atoms with Gasteiger partial charge in [-0.05, 0) is 38.5 Å². The molecule has 0 aromatic heterocycles. The quantitative estimate of drug-likeness (QED) is 0.571. The number of likely N-dealkylation sites (N-methyl/N-ethyl adjacent to an activating group) is 1. The van der Waals surface area contributed by atoms with Gasteiger partial charge in [0.15, 0.2) is 0 Å². The predicted molar refractivity (Wildman–Crippen MR) is 116 cm³/mol. The molecule has 0 radical (unpaired) electrons. The van der Waals surface area contributed by atoms with Gasteiger partial charge in [-0.2, -0.15) is 0 Å². The van der Waals surface area contributed by atoms with Crippen LogP contribution < -0.4 is 10.2 Å². The number of nitrogens with zero attached hydrogens (tertiary/aromatic N) is 2. The van der Waals surface area contributed by atoms with Crippen molar-refractivity contribution < 1.29 is 4.79 Å². The zero-order valence-corrected chi connectivity index (χ0v) is 17.5. The number of fused-ring (bicyclic) bond motifs is 1. The fourth-order valence-electron chi connectivity index (χ4n) is 3.02. The molecule has 1 aromatic rings.